The zero-order chi connectivity index (χ0) is 14.7. The van der Waals surface area contributed by atoms with Gasteiger partial charge in [-0.2, -0.15) is 0 Å². The van der Waals surface area contributed by atoms with Gasteiger partial charge in [-0.05, 0) is 26.2 Å². The number of nitrogens with one attached hydrogen (secondary N) is 2. The van der Waals surface area contributed by atoms with Crippen LogP contribution >= 0.6 is 0 Å². The molecule has 0 amide bonds. The van der Waals surface area contributed by atoms with Crippen LogP contribution in [0.4, 0.5) is 0 Å². The molecule has 21 heavy (non-hydrogen) atoms. The van der Waals surface area contributed by atoms with Gasteiger partial charge in [0.2, 0.25) is 0 Å². The zero-order valence-electron chi connectivity index (χ0n) is 12.5. The van der Waals surface area contributed by atoms with Crippen molar-refractivity contribution in [3.05, 3.63) is 17.2 Å². The van der Waals surface area contributed by atoms with Crippen LogP contribution in [0.25, 0.3) is 0 Å². The number of aromatic amines is 1. The number of ether oxygens (including phenoxy) is 2. The van der Waals surface area contributed by atoms with Gasteiger partial charge in [-0.25, -0.2) is 4.98 Å². The van der Waals surface area contributed by atoms with E-state index in [0.29, 0.717) is 25.8 Å². The Hall–Kier alpha value is -1.40. The van der Waals surface area contributed by atoms with Crippen molar-refractivity contribution in [2.75, 3.05) is 13.2 Å². The van der Waals surface area contributed by atoms with Crippen molar-refractivity contribution in [2.45, 2.75) is 51.8 Å². The second kappa shape index (κ2) is 6.58. The van der Waals surface area contributed by atoms with Gasteiger partial charge in [0, 0.05) is 12.5 Å². The van der Waals surface area contributed by atoms with Gasteiger partial charge in [0.05, 0.1) is 43.7 Å². The average molecular weight is 293 g/mol. The number of carbonyl (C=O) groups excluding carboxylic acids is 1. The summed E-state index contributed by atoms with van der Waals surface area (Å²) in [4.78, 5) is 19.6. The molecule has 0 saturated heterocycles. The Balaban J connectivity index is 1.47. The molecule has 1 aromatic rings. The molecule has 1 aliphatic heterocycles. The van der Waals surface area contributed by atoms with Crippen LogP contribution in [0.15, 0.2) is 0 Å². The summed E-state index contributed by atoms with van der Waals surface area (Å²) in [6.45, 7) is 4.43. The van der Waals surface area contributed by atoms with Gasteiger partial charge in [0.1, 0.15) is 5.82 Å². The number of carbonyl (C=O) groups is 1. The topological polar surface area (TPSA) is 76.2 Å². The third-order valence-corrected chi connectivity index (χ3v) is 4.25. The predicted molar refractivity (Wildman–Crippen MR) is 76.5 cm³/mol. The van der Waals surface area contributed by atoms with E-state index >= 15 is 0 Å². The van der Waals surface area contributed by atoms with E-state index in [0.717, 1.165) is 49.5 Å². The first-order chi connectivity index (χ1) is 10.3. The highest BCUT2D eigenvalue weighted by atomic mass is 16.5. The lowest BCUT2D eigenvalue weighted by molar-refractivity contribution is -0.147. The van der Waals surface area contributed by atoms with Crippen molar-refractivity contribution in [2.24, 2.45) is 5.92 Å². The lowest BCUT2D eigenvalue weighted by atomic mass is 10.1. The van der Waals surface area contributed by atoms with Gasteiger partial charge < -0.3 is 19.8 Å². The fourth-order valence-corrected chi connectivity index (χ4v) is 3.14. The molecule has 1 aliphatic carbocycles. The van der Waals surface area contributed by atoms with Crippen molar-refractivity contribution in [3.8, 4) is 0 Å². The van der Waals surface area contributed by atoms with Crippen LogP contribution in [0.1, 0.15) is 43.4 Å². The molecule has 1 saturated carbocycles. The summed E-state index contributed by atoms with van der Waals surface area (Å²) in [6.07, 6.45) is 3.69. The van der Waals surface area contributed by atoms with Crippen LogP contribution in [-0.2, 0) is 33.8 Å². The van der Waals surface area contributed by atoms with E-state index < -0.39 is 0 Å². The van der Waals surface area contributed by atoms with E-state index in [2.05, 4.69) is 15.3 Å². The van der Waals surface area contributed by atoms with Crippen molar-refractivity contribution in [1.29, 1.82) is 0 Å². The Bertz CT molecular complexity index is 477. The monoisotopic (exact) mass is 293 g/mol. The standard InChI is InChI=1S/C15H23N3O3/c1-2-21-15(19)10-3-4-11(7-10)16-8-14-17-12-5-6-20-9-13(12)18-14/h10-11,16H,2-9H2,1H3,(H,17,18)/t10-,11+/m1/s1. The molecule has 6 nitrogen and oxygen atoms in total. The Kier molecular flexibility index (Phi) is 4.55. The lowest BCUT2D eigenvalue weighted by Gasteiger charge is -2.12. The minimum atomic E-state index is -0.0487. The zero-order valence-corrected chi connectivity index (χ0v) is 12.5. The minimum absolute atomic E-state index is 0.0487. The number of aromatic nitrogens is 2. The van der Waals surface area contributed by atoms with Crippen molar-refractivity contribution >= 4 is 5.97 Å². The van der Waals surface area contributed by atoms with E-state index in [1.165, 1.54) is 0 Å². The second-order valence-electron chi connectivity index (χ2n) is 5.75. The first-order valence-electron chi connectivity index (χ1n) is 7.80. The molecule has 2 atom stereocenters. The van der Waals surface area contributed by atoms with Crippen molar-refractivity contribution in [1.82, 2.24) is 15.3 Å². The van der Waals surface area contributed by atoms with Crippen LogP contribution in [0.5, 0.6) is 0 Å². The maximum atomic E-state index is 11.7. The maximum absolute atomic E-state index is 11.7. The summed E-state index contributed by atoms with van der Waals surface area (Å²) in [6, 6.07) is 0.373. The smallest absolute Gasteiger partial charge is 0.308 e. The van der Waals surface area contributed by atoms with Crippen LogP contribution in [0.3, 0.4) is 0 Å². The normalized spacial score (nSPS) is 24.8. The lowest BCUT2D eigenvalue weighted by Crippen LogP contribution is -2.27. The van der Waals surface area contributed by atoms with Crippen LogP contribution < -0.4 is 5.32 Å². The van der Waals surface area contributed by atoms with E-state index in [1.807, 2.05) is 6.92 Å². The number of imidazole rings is 1. The van der Waals surface area contributed by atoms with E-state index in [9.17, 15) is 4.79 Å². The quantitative estimate of drug-likeness (QED) is 0.800. The van der Waals surface area contributed by atoms with Gasteiger partial charge in [0.25, 0.3) is 0 Å². The van der Waals surface area contributed by atoms with E-state index in [1.54, 1.807) is 0 Å². The molecule has 1 aromatic heterocycles. The summed E-state index contributed by atoms with van der Waals surface area (Å²) >= 11 is 0. The number of rotatable bonds is 5. The number of esters is 1. The molecule has 0 spiro atoms. The highest BCUT2D eigenvalue weighted by Crippen LogP contribution is 2.27. The predicted octanol–water partition coefficient (Wildman–Crippen LogP) is 1.30. The number of H-pyrrole nitrogens is 1. The van der Waals surface area contributed by atoms with Crippen LogP contribution in [0, 0.1) is 5.92 Å². The highest BCUT2D eigenvalue weighted by molar-refractivity contribution is 5.72. The fourth-order valence-electron chi connectivity index (χ4n) is 3.14. The van der Waals surface area contributed by atoms with Crippen LogP contribution in [0.2, 0.25) is 0 Å². The van der Waals surface area contributed by atoms with E-state index in [-0.39, 0.29) is 11.9 Å². The van der Waals surface area contributed by atoms with E-state index in [4.69, 9.17) is 9.47 Å². The summed E-state index contributed by atoms with van der Waals surface area (Å²) in [5.41, 5.74) is 2.24. The third-order valence-electron chi connectivity index (χ3n) is 4.25. The molecule has 0 radical (unpaired) electrons. The minimum Gasteiger partial charge on any atom is -0.466 e. The Morgan fingerprint density at radius 3 is 3.24 bits per heavy atom. The number of fused-ring (bicyclic) bond motifs is 1. The molecule has 3 rings (SSSR count). The van der Waals surface area contributed by atoms with Gasteiger partial charge in [-0.15, -0.1) is 0 Å². The SMILES string of the molecule is CCOC(=O)[C@@H]1CC[C@H](NCc2nc3c([nH]2)COCC3)C1. The maximum Gasteiger partial charge on any atom is 0.308 e. The van der Waals surface area contributed by atoms with Gasteiger partial charge in [-0.3, -0.25) is 4.79 Å². The molecule has 116 valence electrons. The highest BCUT2D eigenvalue weighted by Gasteiger charge is 2.30. The first-order valence-corrected chi connectivity index (χ1v) is 7.80. The summed E-state index contributed by atoms with van der Waals surface area (Å²) in [5.74, 6) is 0.971. The van der Waals surface area contributed by atoms with Crippen molar-refractivity contribution < 1.29 is 14.3 Å². The summed E-state index contributed by atoms with van der Waals surface area (Å²) in [7, 11) is 0. The van der Waals surface area contributed by atoms with Gasteiger partial charge >= 0.3 is 5.97 Å². The fraction of sp³-hybridized carbons (Fsp3) is 0.733. The number of hydrogen-bond donors (Lipinski definition) is 2. The van der Waals surface area contributed by atoms with Crippen LogP contribution in [-0.4, -0.2) is 35.2 Å². The third kappa shape index (κ3) is 3.44. The Labute approximate surface area is 124 Å². The molecule has 2 heterocycles. The summed E-state index contributed by atoms with van der Waals surface area (Å²) < 4.78 is 10.5. The molecule has 6 heteroatoms. The van der Waals surface area contributed by atoms with Gasteiger partial charge in [0.15, 0.2) is 0 Å². The van der Waals surface area contributed by atoms with Crippen molar-refractivity contribution in [3.63, 3.8) is 0 Å². The Morgan fingerprint density at radius 1 is 1.52 bits per heavy atom. The second-order valence-corrected chi connectivity index (χ2v) is 5.75. The Morgan fingerprint density at radius 2 is 2.43 bits per heavy atom. The molecule has 0 bridgehead atoms. The molecule has 0 aromatic carbocycles. The first kappa shape index (κ1) is 14.5. The molecule has 1 fully saturated rings. The number of nitrogens with zero attached hydrogens (tertiary/aromatic N) is 1. The molecular formula is C15H23N3O3. The molecular weight excluding hydrogens is 270 g/mol. The summed E-state index contributed by atoms with van der Waals surface area (Å²) in [5, 5.41) is 3.49. The molecule has 0 unspecified atom stereocenters. The number of hydrogen-bond acceptors (Lipinski definition) is 5. The van der Waals surface area contributed by atoms with Gasteiger partial charge in [-0.1, -0.05) is 0 Å². The molecule has 2 N–H and O–H groups in total. The molecule has 2 aliphatic rings. The largest absolute Gasteiger partial charge is 0.466 e. The average Bonchev–Trinajstić information content (AvgIpc) is 3.11.